The summed E-state index contributed by atoms with van der Waals surface area (Å²) in [6.07, 6.45) is 19.5. The van der Waals surface area contributed by atoms with Gasteiger partial charge in [-0.1, -0.05) is 38.5 Å². The Kier molecular flexibility index (Phi) is 7.00. The van der Waals surface area contributed by atoms with Crippen molar-refractivity contribution < 1.29 is 33.7 Å². The predicted molar refractivity (Wildman–Crippen MR) is 127 cm³/mol. The van der Waals surface area contributed by atoms with Gasteiger partial charge in [0.05, 0.1) is 6.10 Å². The number of halogens is 1. The molecule has 1 aromatic rings. The van der Waals surface area contributed by atoms with E-state index >= 15 is 0 Å². The van der Waals surface area contributed by atoms with Crippen LogP contribution in [0, 0.1) is 40.4 Å². The van der Waals surface area contributed by atoms with Crippen LogP contribution in [0.25, 0.3) is 6.08 Å². The van der Waals surface area contributed by atoms with Crippen molar-refractivity contribution in [3.05, 3.63) is 47.8 Å². The third-order valence-electron chi connectivity index (χ3n) is 10.4. The summed E-state index contributed by atoms with van der Waals surface area (Å²) >= 11 is 0. The zero-order valence-electron chi connectivity index (χ0n) is 20.4. The molecule has 32 heavy (non-hydrogen) atoms. The minimum absolute atomic E-state index is 0. The molecule has 0 amide bonds. The first-order valence-electron chi connectivity index (χ1n) is 12.8. The van der Waals surface area contributed by atoms with Gasteiger partial charge >= 0.3 is 0 Å². The lowest BCUT2D eigenvalue weighted by Gasteiger charge is -2.57. The summed E-state index contributed by atoms with van der Waals surface area (Å²) < 4.78 is 2.21. The minimum Gasteiger partial charge on any atom is -1.00 e. The standard InChI is InChI=1S/C29H42NO.HI/c1-20(8-10-22-7-5-6-18-30(22)4)25-12-13-26-24-11-9-21-19-23(31)14-16-28(21,2)27(24)15-17-29(25,26)3;/h5-8,10-11,18,20-21,23,25-27,31H,9,12-17,19H2,1-4H3;1H/q+1;/p-1/b10-8+;/t20-,21?,23+,25-,26?,27?,28+,29-;/m1./s1. The Morgan fingerprint density at radius 2 is 1.81 bits per heavy atom. The Morgan fingerprint density at radius 1 is 1.06 bits per heavy atom. The van der Waals surface area contributed by atoms with E-state index in [2.05, 4.69) is 75.0 Å². The van der Waals surface area contributed by atoms with E-state index in [-0.39, 0.29) is 30.1 Å². The minimum atomic E-state index is -0.0585. The SMILES string of the molecule is C[C@H](/C=C/c1cccc[n+]1C)[C@H]1CCC2C3=CCC4C[C@@H](O)CC[C@]4(C)C3CC[C@@]21C.[I-]. The number of rotatable bonds is 3. The van der Waals surface area contributed by atoms with Gasteiger partial charge in [-0.05, 0) is 97.9 Å². The van der Waals surface area contributed by atoms with Crippen LogP contribution in [-0.4, -0.2) is 11.2 Å². The lowest BCUT2D eigenvalue weighted by Crippen LogP contribution is -3.00. The van der Waals surface area contributed by atoms with Crippen molar-refractivity contribution in [3.63, 3.8) is 0 Å². The quantitative estimate of drug-likeness (QED) is 0.351. The topological polar surface area (TPSA) is 24.1 Å². The van der Waals surface area contributed by atoms with Gasteiger partial charge in [-0.2, -0.15) is 0 Å². The van der Waals surface area contributed by atoms with Crippen molar-refractivity contribution in [1.29, 1.82) is 0 Å². The van der Waals surface area contributed by atoms with Crippen molar-refractivity contribution in [3.8, 4) is 0 Å². The molecule has 4 aliphatic rings. The van der Waals surface area contributed by atoms with Gasteiger partial charge < -0.3 is 29.1 Å². The average Bonchev–Trinajstić information content (AvgIpc) is 3.11. The van der Waals surface area contributed by atoms with Crippen LogP contribution < -0.4 is 28.5 Å². The number of aliphatic hydroxyl groups excluding tert-OH is 1. The van der Waals surface area contributed by atoms with Crippen LogP contribution in [0.2, 0.25) is 0 Å². The van der Waals surface area contributed by atoms with E-state index in [0.29, 0.717) is 22.7 Å². The molecule has 0 spiro atoms. The molecular weight excluding hydrogens is 505 g/mol. The van der Waals surface area contributed by atoms with Gasteiger partial charge in [-0.3, -0.25) is 0 Å². The number of fused-ring (bicyclic) bond motifs is 5. The Balaban J connectivity index is 0.00000245. The lowest BCUT2D eigenvalue weighted by molar-refractivity contribution is -0.673. The van der Waals surface area contributed by atoms with Gasteiger partial charge in [0.2, 0.25) is 5.69 Å². The number of pyridine rings is 1. The van der Waals surface area contributed by atoms with Gasteiger partial charge in [-0.25, -0.2) is 4.57 Å². The van der Waals surface area contributed by atoms with Crippen molar-refractivity contribution >= 4 is 6.08 Å². The Labute approximate surface area is 212 Å². The maximum atomic E-state index is 10.3. The first kappa shape index (κ1) is 24.4. The summed E-state index contributed by atoms with van der Waals surface area (Å²) in [6.45, 7) is 7.65. The van der Waals surface area contributed by atoms with Crippen molar-refractivity contribution in [2.75, 3.05) is 0 Å². The van der Waals surface area contributed by atoms with Crippen LogP contribution in [0.4, 0.5) is 0 Å². The molecule has 0 aliphatic heterocycles. The Hall–Kier alpha value is -0.680. The van der Waals surface area contributed by atoms with Gasteiger partial charge in [0.15, 0.2) is 6.20 Å². The van der Waals surface area contributed by atoms with E-state index in [0.717, 1.165) is 30.6 Å². The monoisotopic (exact) mass is 547 g/mol. The molecule has 3 unspecified atom stereocenters. The first-order chi connectivity index (χ1) is 14.8. The molecule has 1 aromatic heterocycles. The predicted octanol–water partition coefficient (Wildman–Crippen LogP) is 3.10. The highest BCUT2D eigenvalue weighted by molar-refractivity contribution is 5.41. The molecule has 0 bridgehead atoms. The Bertz CT molecular complexity index is 893. The van der Waals surface area contributed by atoms with E-state index in [1.54, 1.807) is 0 Å². The van der Waals surface area contributed by atoms with Gasteiger partial charge in [0, 0.05) is 18.2 Å². The number of aromatic nitrogens is 1. The molecular formula is C29H42INO. The molecule has 8 atom stereocenters. The van der Waals surface area contributed by atoms with Crippen LogP contribution in [0.1, 0.15) is 77.8 Å². The highest BCUT2D eigenvalue weighted by Gasteiger charge is 2.57. The molecule has 0 radical (unpaired) electrons. The van der Waals surface area contributed by atoms with Crippen LogP contribution in [0.3, 0.4) is 0 Å². The summed E-state index contributed by atoms with van der Waals surface area (Å²) in [5.41, 5.74) is 3.99. The normalized spacial score (nSPS) is 41.8. The fourth-order valence-electron chi connectivity index (χ4n) is 8.49. The van der Waals surface area contributed by atoms with E-state index in [1.165, 1.54) is 44.2 Å². The van der Waals surface area contributed by atoms with E-state index in [4.69, 9.17) is 0 Å². The number of aryl methyl sites for hydroxylation is 1. The highest BCUT2D eigenvalue weighted by atomic mass is 127. The highest BCUT2D eigenvalue weighted by Crippen LogP contribution is 2.66. The smallest absolute Gasteiger partial charge is 0.204 e. The number of allylic oxidation sites excluding steroid dienone is 3. The maximum absolute atomic E-state index is 10.3. The summed E-state index contributed by atoms with van der Waals surface area (Å²) in [5, 5.41) is 10.3. The van der Waals surface area contributed by atoms with Crippen molar-refractivity contribution in [2.45, 2.75) is 78.2 Å². The summed E-state index contributed by atoms with van der Waals surface area (Å²) in [4.78, 5) is 0. The molecule has 0 saturated heterocycles. The lowest BCUT2D eigenvalue weighted by atomic mass is 9.47. The van der Waals surface area contributed by atoms with Crippen LogP contribution in [-0.2, 0) is 7.05 Å². The first-order valence-corrected chi connectivity index (χ1v) is 12.8. The molecule has 2 nitrogen and oxygen atoms in total. The molecule has 0 aromatic carbocycles. The number of nitrogens with zero attached hydrogens (tertiary/aromatic N) is 1. The third kappa shape index (κ3) is 3.93. The summed E-state index contributed by atoms with van der Waals surface area (Å²) in [7, 11) is 2.13. The van der Waals surface area contributed by atoms with Gasteiger partial charge in [0.25, 0.3) is 0 Å². The number of hydrogen-bond donors (Lipinski definition) is 1. The second kappa shape index (κ2) is 9.17. The second-order valence-electron chi connectivity index (χ2n) is 11.9. The molecule has 1 N–H and O–H groups in total. The van der Waals surface area contributed by atoms with E-state index in [9.17, 15) is 5.11 Å². The molecule has 3 saturated carbocycles. The van der Waals surface area contributed by atoms with E-state index < -0.39 is 0 Å². The van der Waals surface area contributed by atoms with Crippen LogP contribution in [0.5, 0.6) is 0 Å². The average molecular weight is 548 g/mol. The zero-order chi connectivity index (χ0) is 21.8. The fourth-order valence-corrected chi connectivity index (χ4v) is 8.49. The molecule has 4 aliphatic carbocycles. The van der Waals surface area contributed by atoms with Gasteiger partial charge in [0.1, 0.15) is 7.05 Å². The van der Waals surface area contributed by atoms with Gasteiger partial charge in [-0.15, -0.1) is 0 Å². The summed E-state index contributed by atoms with van der Waals surface area (Å²) in [5.74, 6) is 3.64. The van der Waals surface area contributed by atoms with Crippen LogP contribution in [0.15, 0.2) is 42.1 Å². The van der Waals surface area contributed by atoms with Crippen LogP contribution >= 0.6 is 0 Å². The number of hydrogen-bond acceptors (Lipinski definition) is 1. The number of aliphatic hydroxyl groups is 1. The molecule has 3 heteroatoms. The van der Waals surface area contributed by atoms with Crippen molar-refractivity contribution in [1.82, 2.24) is 0 Å². The van der Waals surface area contributed by atoms with E-state index in [1.807, 2.05) is 5.57 Å². The molecule has 3 fully saturated rings. The largest absolute Gasteiger partial charge is 1.00 e. The third-order valence-corrected chi connectivity index (χ3v) is 10.4. The fraction of sp³-hybridized carbons (Fsp3) is 0.690. The molecule has 1 heterocycles. The molecule has 176 valence electrons. The molecule has 5 rings (SSSR count). The zero-order valence-corrected chi connectivity index (χ0v) is 22.6. The Morgan fingerprint density at radius 3 is 2.59 bits per heavy atom. The maximum Gasteiger partial charge on any atom is 0.204 e. The summed E-state index contributed by atoms with van der Waals surface area (Å²) in [6, 6.07) is 6.43. The van der Waals surface area contributed by atoms with Crippen molar-refractivity contribution in [2.24, 2.45) is 47.5 Å². The second-order valence-corrected chi connectivity index (χ2v) is 11.9.